The van der Waals surface area contributed by atoms with Gasteiger partial charge in [-0.05, 0) is 37.3 Å². The molecule has 0 aliphatic rings. The maximum absolute atomic E-state index is 12.2. The van der Waals surface area contributed by atoms with Crippen molar-refractivity contribution in [2.24, 2.45) is 0 Å². The molecule has 1 aromatic heterocycles. The molecule has 2 N–H and O–H groups in total. The average Bonchev–Trinajstić information content (AvgIpc) is 3.09. The van der Waals surface area contributed by atoms with Crippen LogP contribution in [0.5, 0.6) is 0 Å². The van der Waals surface area contributed by atoms with Crippen LogP contribution in [-0.4, -0.2) is 22.0 Å². The van der Waals surface area contributed by atoms with Gasteiger partial charge in [0, 0.05) is 36.7 Å². The van der Waals surface area contributed by atoms with Crippen molar-refractivity contribution in [1.82, 2.24) is 10.2 Å². The second-order valence-electron chi connectivity index (χ2n) is 6.18. The lowest BCUT2D eigenvalue weighted by molar-refractivity contribution is -0.116. The zero-order valence-corrected chi connectivity index (χ0v) is 15.2. The lowest BCUT2D eigenvalue weighted by Crippen LogP contribution is -2.13. The molecule has 0 saturated heterocycles. The van der Waals surface area contributed by atoms with Crippen LogP contribution in [0.2, 0.25) is 0 Å². The van der Waals surface area contributed by atoms with E-state index in [1.54, 1.807) is 24.3 Å². The van der Waals surface area contributed by atoms with Gasteiger partial charge < -0.3 is 15.1 Å². The summed E-state index contributed by atoms with van der Waals surface area (Å²) in [5.74, 6) is 0.510. The van der Waals surface area contributed by atoms with Gasteiger partial charge in [-0.1, -0.05) is 23.8 Å². The van der Waals surface area contributed by atoms with E-state index in [4.69, 9.17) is 4.42 Å². The monoisotopic (exact) mass is 364 g/mol. The van der Waals surface area contributed by atoms with Crippen molar-refractivity contribution in [1.29, 1.82) is 0 Å². The summed E-state index contributed by atoms with van der Waals surface area (Å²) in [5.41, 5.74) is 3.19. The summed E-state index contributed by atoms with van der Waals surface area (Å²) < 4.78 is 5.64. The molecule has 1 heterocycles. The highest BCUT2D eigenvalue weighted by Gasteiger charge is 2.11. The Hall–Kier alpha value is -3.48. The fraction of sp³-hybridized carbons (Fsp3) is 0.200. The van der Waals surface area contributed by atoms with Crippen LogP contribution in [-0.2, 0) is 16.0 Å². The van der Waals surface area contributed by atoms with E-state index in [2.05, 4.69) is 20.8 Å². The van der Waals surface area contributed by atoms with E-state index in [0.29, 0.717) is 29.6 Å². The highest BCUT2D eigenvalue weighted by molar-refractivity contribution is 5.93. The van der Waals surface area contributed by atoms with Crippen molar-refractivity contribution in [3.8, 4) is 11.5 Å². The number of carbonyl (C=O) groups excluding carboxylic acids is 2. The number of nitrogens with one attached hydrogen (secondary N) is 2. The molecule has 0 bridgehead atoms. The van der Waals surface area contributed by atoms with E-state index in [-0.39, 0.29) is 18.2 Å². The minimum Gasteiger partial charge on any atom is -0.421 e. The smallest absolute Gasteiger partial charge is 0.247 e. The van der Waals surface area contributed by atoms with Crippen LogP contribution in [0.4, 0.5) is 11.4 Å². The first-order valence-corrected chi connectivity index (χ1v) is 8.56. The number of benzene rings is 2. The summed E-state index contributed by atoms with van der Waals surface area (Å²) in [7, 11) is 0. The number of aromatic nitrogens is 2. The van der Waals surface area contributed by atoms with Crippen molar-refractivity contribution in [2.45, 2.75) is 26.7 Å². The largest absolute Gasteiger partial charge is 0.421 e. The van der Waals surface area contributed by atoms with Gasteiger partial charge in [0.25, 0.3) is 0 Å². The summed E-state index contributed by atoms with van der Waals surface area (Å²) in [4.78, 5) is 23.3. The number of carbonyl (C=O) groups is 2. The zero-order valence-electron chi connectivity index (χ0n) is 15.2. The third kappa shape index (κ3) is 5.24. The maximum atomic E-state index is 12.2. The van der Waals surface area contributed by atoms with Crippen molar-refractivity contribution >= 4 is 23.2 Å². The second kappa shape index (κ2) is 8.27. The molecule has 138 valence electrons. The Bertz CT molecular complexity index is 965. The summed E-state index contributed by atoms with van der Waals surface area (Å²) in [6.07, 6.45) is 0.551. The van der Waals surface area contributed by atoms with E-state index in [1.807, 2.05) is 31.2 Å². The Kier molecular flexibility index (Phi) is 5.61. The molecule has 0 atom stereocenters. The standard InChI is InChI=1S/C20H20N4O3/c1-13-5-3-6-15(11-13)20-24-23-19(27-20)10-9-18(26)22-17-8-4-7-16(12-17)21-14(2)25/h3-8,11-12H,9-10H2,1-2H3,(H,21,25)(H,22,26). The number of hydrogen-bond acceptors (Lipinski definition) is 5. The number of rotatable bonds is 6. The van der Waals surface area contributed by atoms with Crippen LogP contribution < -0.4 is 10.6 Å². The molecule has 27 heavy (non-hydrogen) atoms. The molecule has 3 rings (SSSR count). The molecule has 3 aromatic rings. The number of nitrogens with zero attached hydrogens (tertiary/aromatic N) is 2. The van der Waals surface area contributed by atoms with Crippen LogP contribution in [0.3, 0.4) is 0 Å². The maximum Gasteiger partial charge on any atom is 0.247 e. The predicted molar refractivity (Wildman–Crippen MR) is 102 cm³/mol. The lowest BCUT2D eigenvalue weighted by Gasteiger charge is -2.07. The highest BCUT2D eigenvalue weighted by Crippen LogP contribution is 2.20. The van der Waals surface area contributed by atoms with E-state index in [1.165, 1.54) is 6.92 Å². The van der Waals surface area contributed by atoms with Crippen LogP contribution in [0.15, 0.2) is 52.9 Å². The summed E-state index contributed by atoms with van der Waals surface area (Å²) in [6, 6.07) is 14.7. The van der Waals surface area contributed by atoms with Crippen molar-refractivity contribution in [3.63, 3.8) is 0 Å². The van der Waals surface area contributed by atoms with Crippen LogP contribution in [0.1, 0.15) is 24.8 Å². The Morgan fingerprint density at radius 2 is 1.74 bits per heavy atom. The van der Waals surface area contributed by atoms with Gasteiger partial charge in [-0.25, -0.2) is 0 Å². The molecule has 2 amide bonds. The Labute approximate surface area is 156 Å². The normalized spacial score (nSPS) is 10.4. The van der Waals surface area contributed by atoms with Gasteiger partial charge in [-0.2, -0.15) is 0 Å². The van der Waals surface area contributed by atoms with Crippen molar-refractivity contribution < 1.29 is 14.0 Å². The fourth-order valence-electron chi connectivity index (χ4n) is 2.57. The molecular formula is C20H20N4O3. The Balaban J connectivity index is 1.56. The molecular weight excluding hydrogens is 344 g/mol. The summed E-state index contributed by atoms with van der Waals surface area (Å²) in [6.45, 7) is 3.42. The molecule has 0 aliphatic heterocycles. The van der Waals surface area contributed by atoms with Gasteiger partial charge in [0.1, 0.15) is 0 Å². The molecule has 0 aliphatic carbocycles. The highest BCUT2D eigenvalue weighted by atomic mass is 16.4. The van der Waals surface area contributed by atoms with E-state index in [9.17, 15) is 9.59 Å². The zero-order chi connectivity index (χ0) is 19.2. The summed E-state index contributed by atoms with van der Waals surface area (Å²) >= 11 is 0. The molecule has 0 spiro atoms. The number of hydrogen-bond donors (Lipinski definition) is 2. The molecule has 7 nitrogen and oxygen atoms in total. The van der Waals surface area contributed by atoms with E-state index < -0.39 is 0 Å². The molecule has 0 radical (unpaired) electrons. The van der Waals surface area contributed by atoms with Crippen molar-refractivity contribution in [3.05, 3.63) is 60.0 Å². The van der Waals surface area contributed by atoms with Gasteiger partial charge in [0.15, 0.2) is 0 Å². The van der Waals surface area contributed by atoms with Gasteiger partial charge in [0.2, 0.25) is 23.6 Å². The Morgan fingerprint density at radius 1 is 1.00 bits per heavy atom. The summed E-state index contributed by atoms with van der Waals surface area (Å²) in [5, 5.41) is 13.5. The minimum atomic E-state index is -0.176. The first-order valence-electron chi connectivity index (χ1n) is 8.56. The van der Waals surface area contributed by atoms with Gasteiger partial charge in [0.05, 0.1) is 0 Å². The molecule has 0 saturated carbocycles. The number of aryl methyl sites for hydroxylation is 2. The first kappa shape index (κ1) is 18.3. The van der Waals surface area contributed by atoms with Gasteiger partial charge >= 0.3 is 0 Å². The quantitative estimate of drug-likeness (QED) is 0.697. The van der Waals surface area contributed by atoms with Crippen molar-refractivity contribution in [2.75, 3.05) is 10.6 Å². The Morgan fingerprint density at radius 3 is 2.48 bits per heavy atom. The molecule has 7 heteroatoms. The fourth-order valence-corrected chi connectivity index (χ4v) is 2.57. The first-order chi connectivity index (χ1) is 13.0. The second-order valence-corrected chi connectivity index (χ2v) is 6.18. The SMILES string of the molecule is CC(=O)Nc1cccc(NC(=O)CCc2nnc(-c3cccc(C)c3)o2)c1. The molecule has 0 unspecified atom stereocenters. The van der Waals surface area contributed by atoms with Crippen LogP contribution in [0.25, 0.3) is 11.5 Å². The van der Waals surface area contributed by atoms with Gasteiger partial charge in [-0.3, -0.25) is 9.59 Å². The third-order valence-corrected chi connectivity index (χ3v) is 3.76. The predicted octanol–water partition coefficient (Wildman–Crippen LogP) is 3.57. The molecule has 2 aromatic carbocycles. The van der Waals surface area contributed by atoms with Crippen LogP contribution in [0, 0.1) is 6.92 Å². The van der Waals surface area contributed by atoms with E-state index in [0.717, 1.165) is 11.1 Å². The van der Waals surface area contributed by atoms with E-state index >= 15 is 0 Å². The number of anilines is 2. The number of amides is 2. The third-order valence-electron chi connectivity index (χ3n) is 3.76. The lowest BCUT2D eigenvalue weighted by atomic mass is 10.1. The topological polar surface area (TPSA) is 97.1 Å². The molecule has 0 fully saturated rings. The van der Waals surface area contributed by atoms with Crippen LogP contribution >= 0.6 is 0 Å². The van der Waals surface area contributed by atoms with Gasteiger partial charge in [-0.15, -0.1) is 10.2 Å². The minimum absolute atomic E-state index is 0.167. The average molecular weight is 364 g/mol.